The first kappa shape index (κ1) is 15.9. The molecule has 3 nitrogen and oxygen atoms in total. The van der Waals surface area contributed by atoms with Gasteiger partial charge in [-0.15, -0.1) is 0 Å². The quantitative estimate of drug-likeness (QED) is 0.478. The first-order valence-corrected chi connectivity index (χ1v) is 8.18. The maximum Gasteiger partial charge on any atom is 0.198 e. The summed E-state index contributed by atoms with van der Waals surface area (Å²) in [4.78, 5) is 25.6. The summed E-state index contributed by atoms with van der Waals surface area (Å²) in [6, 6.07) is 17.5. The van der Waals surface area contributed by atoms with Gasteiger partial charge < -0.3 is 4.74 Å². The van der Waals surface area contributed by atoms with Crippen molar-refractivity contribution in [2.45, 2.75) is 0 Å². The highest BCUT2D eigenvalue weighted by Gasteiger charge is 2.32. The minimum Gasteiger partial charge on any atom is -0.455 e. The minimum absolute atomic E-state index is 0.207. The van der Waals surface area contributed by atoms with Crippen LogP contribution in [0.4, 0.5) is 0 Å². The highest BCUT2D eigenvalue weighted by atomic mass is 35.5. The molecule has 0 amide bonds. The van der Waals surface area contributed by atoms with Crippen LogP contribution in [-0.4, -0.2) is 11.6 Å². The molecule has 121 valence electrons. The zero-order valence-corrected chi connectivity index (χ0v) is 14.2. The second kappa shape index (κ2) is 6.03. The van der Waals surface area contributed by atoms with E-state index in [1.807, 2.05) is 0 Å². The molecular formula is C20H9Cl2O3. The standard InChI is InChI=1S/C20H9Cl2O3/c21-14-8-4-10-16(18(14)22)25-15-9-3-7-13-17(15)20(24)12-6-2-1-5-11(12)19(13)23/h1-2,4-10H. The number of carbonyl (C=O) groups is 2. The lowest BCUT2D eigenvalue weighted by atomic mass is 9.83. The number of benzene rings is 3. The predicted molar refractivity (Wildman–Crippen MR) is 95.1 cm³/mol. The Labute approximate surface area is 153 Å². The molecule has 1 aliphatic rings. The number of ketones is 2. The van der Waals surface area contributed by atoms with Crippen molar-refractivity contribution in [3.8, 4) is 11.5 Å². The number of carbonyl (C=O) groups excluding carboxylic acids is 2. The van der Waals surface area contributed by atoms with Crippen LogP contribution in [0, 0.1) is 6.07 Å². The molecule has 1 aliphatic carbocycles. The number of hydrogen-bond acceptors (Lipinski definition) is 3. The first-order valence-electron chi connectivity index (χ1n) is 7.42. The maximum atomic E-state index is 12.9. The smallest absolute Gasteiger partial charge is 0.198 e. The normalized spacial score (nSPS) is 12.6. The Balaban J connectivity index is 1.87. The van der Waals surface area contributed by atoms with Crippen molar-refractivity contribution in [2.24, 2.45) is 0 Å². The Morgan fingerprint density at radius 2 is 1.48 bits per heavy atom. The molecule has 25 heavy (non-hydrogen) atoms. The van der Waals surface area contributed by atoms with Gasteiger partial charge in [-0.2, -0.15) is 0 Å². The molecule has 1 radical (unpaired) electrons. The summed E-state index contributed by atoms with van der Waals surface area (Å²) in [6.07, 6.45) is 0. The van der Waals surface area contributed by atoms with E-state index in [0.29, 0.717) is 21.9 Å². The fraction of sp³-hybridized carbons (Fsp3) is 0. The molecule has 4 rings (SSSR count). The Hall–Kier alpha value is -2.62. The molecule has 0 N–H and O–H groups in total. The number of ether oxygens (including phenoxy) is 1. The fourth-order valence-corrected chi connectivity index (χ4v) is 3.14. The third-order valence-corrected chi connectivity index (χ3v) is 4.78. The number of rotatable bonds is 2. The molecule has 3 aromatic carbocycles. The lowest BCUT2D eigenvalue weighted by Gasteiger charge is -2.20. The SMILES string of the molecule is O=C1c2ccccc2C(=O)c2c(Oc3cccc(Cl)c3Cl)c[c]cc21. The zero-order chi connectivity index (χ0) is 17.6. The highest BCUT2D eigenvalue weighted by Crippen LogP contribution is 2.39. The van der Waals surface area contributed by atoms with Gasteiger partial charge >= 0.3 is 0 Å². The molecule has 0 saturated heterocycles. The van der Waals surface area contributed by atoms with Gasteiger partial charge in [0.25, 0.3) is 0 Å². The summed E-state index contributed by atoms with van der Waals surface area (Å²) in [6.45, 7) is 0. The van der Waals surface area contributed by atoms with E-state index in [1.54, 1.807) is 42.5 Å². The summed E-state index contributed by atoms with van der Waals surface area (Å²) >= 11 is 12.2. The predicted octanol–water partition coefficient (Wildman–Crippen LogP) is 5.36. The number of fused-ring (bicyclic) bond motifs is 2. The van der Waals surface area contributed by atoms with Gasteiger partial charge in [-0.05, 0) is 30.3 Å². The van der Waals surface area contributed by atoms with E-state index in [9.17, 15) is 9.59 Å². The first-order chi connectivity index (χ1) is 12.1. The van der Waals surface area contributed by atoms with E-state index in [0.717, 1.165) is 0 Å². The third kappa shape index (κ3) is 2.53. The van der Waals surface area contributed by atoms with Gasteiger partial charge in [-0.1, -0.05) is 53.5 Å². The van der Waals surface area contributed by atoms with E-state index in [-0.39, 0.29) is 33.5 Å². The van der Waals surface area contributed by atoms with Gasteiger partial charge in [0.15, 0.2) is 11.6 Å². The Morgan fingerprint density at radius 3 is 2.24 bits per heavy atom. The molecule has 0 atom stereocenters. The summed E-state index contributed by atoms with van der Waals surface area (Å²) < 4.78 is 5.80. The molecule has 0 fully saturated rings. The van der Waals surface area contributed by atoms with Crippen LogP contribution in [0.2, 0.25) is 10.0 Å². The molecular weight excluding hydrogens is 359 g/mol. The van der Waals surface area contributed by atoms with Gasteiger partial charge in [0.05, 0.1) is 10.6 Å². The van der Waals surface area contributed by atoms with Gasteiger partial charge in [0.1, 0.15) is 16.5 Å². The van der Waals surface area contributed by atoms with E-state index >= 15 is 0 Å². The van der Waals surface area contributed by atoms with Crippen molar-refractivity contribution in [2.75, 3.05) is 0 Å². The second-order valence-corrected chi connectivity index (χ2v) is 6.25. The van der Waals surface area contributed by atoms with Gasteiger partial charge in [0, 0.05) is 16.7 Å². The molecule has 0 bridgehead atoms. The topological polar surface area (TPSA) is 43.4 Å². The lowest BCUT2D eigenvalue weighted by Crippen LogP contribution is -2.21. The van der Waals surface area contributed by atoms with Crippen molar-refractivity contribution in [1.82, 2.24) is 0 Å². The van der Waals surface area contributed by atoms with Crippen molar-refractivity contribution < 1.29 is 14.3 Å². The molecule has 3 aromatic rings. The van der Waals surface area contributed by atoms with Crippen LogP contribution in [-0.2, 0) is 0 Å². The van der Waals surface area contributed by atoms with Crippen LogP contribution < -0.4 is 4.74 Å². The summed E-state index contributed by atoms with van der Waals surface area (Å²) in [5.41, 5.74) is 1.21. The van der Waals surface area contributed by atoms with Crippen LogP contribution in [0.5, 0.6) is 11.5 Å². The largest absolute Gasteiger partial charge is 0.455 e. The molecule has 0 aromatic heterocycles. The Bertz CT molecular complexity index is 1040. The van der Waals surface area contributed by atoms with Crippen LogP contribution in [0.15, 0.2) is 54.6 Å². The van der Waals surface area contributed by atoms with E-state index in [4.69, 9.17) is 27.9 Å². The molecule has 0 aliphatic heterocycles. The summed E-state index contributed by atoms with van der Waals surface area (Å²) in [7, 11) is 0. The highest BCUT2D eigenvalue weighted by molar-refractivity contribution is 6.43. The number of hydrogen-bond donors (Lipinski definition) is 0. The lowest BCUT2D eigenvalue weighted by molar-refractivity contribution is 0.0977. The summed E-state index contributed by atoms with van der Waals surface area (Å²) in [5.74, 6) is 0.0148. The molecule has 0 unspecified atom stereocenters. The molecule has 0 spiro atoms. The number of halogens is 2. The Kier molecular flexibility index (Phi) is 3.83. The van der Waals surface area contributed by atoms with Crippen LogP contribution in [0.25, 0.3) is 0 Å². The van der Waals surface area contributed by atoms with E-state index < -0.39 is 0 Å². The minimum atomic E-state index is -0.271. The molecule has 0 heterocycles. The average Bonchev–Trinajstić information content (AvgIpc) is 2.63. The van der Waals surface area contributed by atoms with Gasteiger partial charge in [-0.3, -0.25) is 9.59 Å². The zero-order valence-electron chi connectivity index (χ0n) is 12.7. The Morgan fingerprint density at radius 1 is 0.760 bits per heavy atom. The van der Waals surface area contributed by atoms with Gasteiger partial charge in [-0.25, -0.2) is 0 Å². The fourth-order valence-electron chi connectivity index (χ4n) is 2.81. The van der Waals surface area contributed by atoms with Crippen molar-refractivity contribution in [1.29, 1.82) is 0 Å². The second-order valence-electron chi connectivity index (χ2n) is 5.47. The van der Waals surface area contributed by atoms with Crippen molar-refractivity contribution in [3.05, 3.63) is 93.0 Å². The molecule has 5 heteroatoms. The average molecular weight is 368 g/mol. The van der Waals surface area contributed by atoms with E-state index in [2.05, 4.69) is 6.07 Å². The third-order valence-electron chi connectivity index (χ3n) is 3.98. The van der Waals surface area contributed by atoms with E-state index in [1.165, 1.54) is 12.1 Å². The van der Waals surface area contributed by atoms with Crippen molar-refractivity contribution in [3.63, 3.8) is 0 Å². The molecule has 0 saturated carbocycles. The van der Waals surface area contributed by atoms with Crippen molar-refractivity contribution >= 4 is 34.8 Å². The summed E-state index contributed by atoms with van der Waals surface area (Å²) in [5, 5.41) is 0.567. The monoisotopic (exact) mass is 367 g/mol. The van der Waals surface area contributed by atoms with Crippen LogP contribution in [0.3, 0.4) is 0 Å². The van der Waals surface area contributed by atoms with Gasteiger partial charge in [0.2, 0.25) is 0 Å². The maximum absolute atomic E-state index is 12.9. The van der Waals surface area contributed by atoms with Crippen LogP contribution >= 0.6 is 23.2 Å². The van der Waals surface area contributed by atoms with Crippen LogP contribution in [0.1, 0.15) is 31.8 Å².